The van der Waals surface area contributed by atoms with Crippen molar-refractivity contribution in [3.05, 3.63) is 76.0 Å². The van der Waals surface area contributed by atoms with Crippen LogP contribution in [-0.4, -0.2) is 17.5 Å². The van der Waals surface area contributed by atoms with Crippen LogP contribution in [0.3, 0.4) is 0 Å². The van der Waals surface area contributed by atoms with Crippen molar-refractivity contribution in [3.8, 4) is 5.75 Å². The van der Waals surface area contributed by atoms with E-state index >= 15 is 0 Å². The van der Waals surface area contributed by atoms with Gasteiger partial charge >= 0.3 is 6.61 Å². The largest absolute Gasteiger partial charge is 0.435 e. The summed E-state index contributed by atoms with van der Waals surface area (Å²) in [6, 6.07) is 11.9. The van der Waals surface area contributed by atoms with E-state index in [0.717, 1.165) is 16.3 Å². The molecule has 0 bridgehead atoms. The highest BCUT2D eigenvalue weighted by atomic mass is 32.1. The molecule has 0 N–H and O–H groups in total. The van der Waals surface area contributed by atoms with Crippen LogP contribution in [0.4, 0.5) is 18.9 Å². The molecule has 29 heavy (non-hydrogen) atoms. The summed E-state index contributed by atoms with van der Waals surface area (Å²) in [4.78, 5) is 18.9. The van der Waals surface area contributed by atoms with Crippen LogP contribution in [0, 0.1) is 12.7 Å². The number of amides is 1. The molecule has 0 aliphatic carbocycles. The van der Waals surface area contributed by atoms with Crippen molar-refractivity contribution in [1.82, 2.24) is 4.98 Å². The number of hydrogen-bond donors (Lipinski definition) is 0. The molecule has 0 aliphatic heterocycles. The Labute approximate surface area is 170 Å². The number of halogens is 3. The molecule has 4 nitrogen and oxygen atoms in total. The molecule has 1 aromatic heterocycles. The van der Waals surface area contributed by atoms with Crippen molar-refractivity contribution in [2.75, 3.05) is 4.90 Å². The Bertz CT molecular complexity index is 943. The van der Waals surface area contributed by atoms with E-state index in [1.54, 1.807) is 29.2 Å². The zero-order valence-corrected chi connectivity index (χ0v) is 16.5. The minimum absolute atomic E-state index is 0.0712. The monoisotopic (exact) mass is 420 g/mol. The van der Waals surface area contributed by atoms with Gasteiger partial charge in [-0.25, -0.2) is 9.37 Å². The fourth-order valence-corrected chi connectivity index (χ4v) is 3.41. The van der Waals surface area contributed by atoms with Crippen LogP contribution in [-0.2, 0) is 17.8 Å². The summed E-state index contributed by atoms with van der Waals surface area (Å²) in [7, 11) is 0. The second-order valence-corrected chi connectivity index (χ2v) is 7.40. The van der Waals surface area contributed by atoms with Gasteiger partial charge in [-0.15, -0.1) is 11.3 Å². The van der Waals surface area contributed by atoms with Crippen LogP contribution in [0.5, 0.6) is 5.75 Å². The SMILES string of the molecule is Cc1nc(CN(C(=O)CCc2ccc(OC(F)F)cc2)c2ccc(F)cc2)cs1. The molecule has 0 spiro atoms. The van der Waals surface area contributed by atoms with Crippen molar-refractivity contribution < 1.29 is 22.7 Å². The van der Waals surface area contributed by atoms with Gasteiger partial charge in [-0.2, -0.15) is 8.78 Å². The molecule has 0 aliphatic rings. The van der Waals surface area contributed by atoms with Gasteiger partial charge in [0.2, 0.25) is 5.91 Å². The number of benzene rings is 2. The van der Waals surface area contributed by atoms with Crippen molar-refractivity contribution >= 4 is 22.9 Å². The zero-order valence-electron chi connectivity index (χ0n) is 15.6. The number of ether oxygens (including phenoxy) is 1. The van der Waals surface area contributed by atoms with E-state index in [1.165, 1.54) is 35.6 Å². The van der Waals surface area contributed by atoms with Crippen LogP contribution in [0.2, 0.25) is 0 Å². The van der Waals surface area contributed by atoms with Gasteiger partial charge in [-0.1, -0.05) is 12.1 Å². The topological polar surface area (TPSA) is 42.4 Å². The molecule has 3 aromatic rings. The van der Waals surface area contributed by atoms with Gasteiger partial charge in [0, 0.05) is 17.5 Å². The fourth-order valence-electron chi connectivity index (χ4n) is 2.81. The standard InChI is InChI=1S/C21H19F3N2O2S/c1-14-25-17(13-29-14)12-26(18-7-5-16(22)6-8-18)20(27)11-4-15-2-9-19(10-3-15)28-21(23)24/h2-3,5-10,13,21H,4,11-12H2,1H3. The molecule has 1 amide bonds. The van der Waals surface area contributed by atoms with Crippen LogP contribution in [0.1, 0.15) is 22.7 Å². The number of rotatable bonds is 8. The first-order valence-corrected chi connectivity index (χ1v) is 9.79. The van der Waals surface area contributed by atoms with E-state index in [1.807, 2.05) is 12.3 Å². The molecule has 152 valence electrons. The Hall–Kier alpha value is -2.87. The Morgan fingerprint density at radius 3 is 2.41 bits per heavy atom. The highest BCUT2D eigenvalue weighted by Crippen LogP contribution is 2.21. The van der Waals surface area contributed by atoms with Gasteiger partial charge in [0.1, 0.15) is 11.6 Å². The van der Waals surface area contributed by atoms with Crippen molar-refractivity contribution in [2.24, 2.45) is 0 Å². The number of carbonyl (C=O) groups is 1. The van der Waals surface area contributed by atoms with Gasteiger partial charge in [0.25, 0.3) is 0 Å². The molecule has 0 atom stereocenters. The van der Waals surface area contributed by atoms with E-state index in [4.69, 9.17) is 0 Å². The number of aromatic nitrogens is 1. The number of thiazole rings is 1. The Morgan fingerprint density at radius 1 is 1.14 bits per heavy atom. The first kappa shape index (κ1) is 20.9. The second kappa shape index (κ2) is 9.56. The maximum atomic E-state index is 13.3. The lowest BCUT2D eigenvalue weighted by Gasteiger charge is -2.22. The first-order valence-electron chi connectivity index (χ1n) is 8.91. The minimum Gasteiger partial charge on any atom is -0.435 e. The summed E-state index contributed by atoms with van der Waals surface area (Å²) in [6.07, 6.45) is 0.636. The molecule has 2 aromatic carbocycles. The summed E-state index contributed by atoms with van der Waals surface area (Å²) in [6.45, 7) is -0.698. The molecule has 0 radical (unpaired) electrons. The quantitative estimate of drug-likeness (QED) is 0.493. The lowest BCUT2D eigenvalue weighted by Crippen LogP contribution is -2.30. The van der Waals surface area contributed by atoms with E-state index < -0.39 is 6.61 Å². The van der Waals surface area contributed by atoms with Gasteiger partial charge in [-0.05, 0) is 55.3 Å². The highest BCUT2D eigenvalue weighted by Gasteiger charge is 2.18. The van der Waals surface area contributed by atoms with Crippen LogP contribution >= 0.6 is 11.3 Å². The maximum absolute atomic E-state index is 13.3. The number of anilines is 1. The third kappa shape index (κ3) is 6.05. The summed E-state index contributed by atoms with van der Waals surface area (Å²) >= 11 is 1.50. The molecule has 0 unspecified atom stereocenters. The van der Waals surface area contributed by atoms with E-state index in [2.05, 4.69) is 9.72 Å². The summed E-state index contributed by atoms with van der Waals surface area (Å²) in [5.74, 6) is -0.450. The molecule has 1 heterocycles. The van der Waals surface area contributed by atoms with E-state index in [9.17, 15) is 18.0 Å². The number of carbonyl (C=O) groups excluding carboxylic acids is 1. The Kier molecular flexibility index (Phi) is 6.87. The molecular weight excluding hydrogens is 401 g/mol. The predicted molar refractivity (Wildman–Crippen MR) is 106 cm³/mol. The lowest BCUT2D eigenvalue weighted by molar-refractivity contribution is -0.118. The van der Waals surface area contributed by atoms with E-state index in [0.29, 0.717) is 12.1 Å². The summed E-state index contributed by atoms with van der Waals surface area (Å²) < 4.78 is 42.1. The van der Waals surface area contributed by atoms with E-state index in [-0.39, 0.29) is 30.4 Å². The average molecular weight is 420 g/mol. The normalized spacial score (nSPS) is 10.9. The number of aryl methyl sites for hydroxylation is 2. The molecule has 3 rings (SSSR count). The third-order valence-corrected chi connectivity index (χ3v) is 5.02. The maximum Gasteiger partial charge on any atom is 0.387 e. The van der Waals surface area contributed by atoms with Crippen molar-refractivity contribution in [2.45, 2.75) is 32.9 Å². The summed E-state index contributed by atoms with van der Waals surface area (Å²) in [5, 5.41) is 2.79. The average Bonchev–Trinajstić information content (AvgIpc) is 3.10. The smallest absolute Gasteiger partial charge is 0.387 e. The minimum atomic E-state index is -2.87. The molecule has 0 saturated carbocycles. The second-order valence-electron chi connectivity index (χ2n) is 6.34. The molecule has 0 saturated heterocycles. The third-order valence-electron chi connectivity index (χ3n) is 4.20. The number of alkyl halides is 2. The molecule has 8 heteroatoms. The van der Waals surface area contributed by atoms with Crippen molar-refractivity contribution in [3.63, 3.8) is 0 Å². The predicted octanol–water partition coefficient (Wildman–Crippen LogP) is 5.36. The van der Waals surface area contributed by atoms with Crippen LogP contribution in [0.25, 0.3) is 0 Å². The van der Waals surface area contributed by atoms with Gasteiger partial charge in [-0.3, -0.25) is 4.79 Å². The number of nitrogens with zero attached hydrogens (tertiary/aromatic N) is 2. The molecule has 0 fully saturated rings. The highest BCUT2D eigenvalue weighted by molar-refractivity contribution is 7.09. The van der Waals surface area contributed by atoms with Crippen LogP contribution < -0.4 is 9.64 Å². The lowest BCUT2D eigenvalue weighted by atomic mass is 10.1. The number of hydrogen-bond acceptors (Lipinski definition) is 4. The zero-order chi connectivity index (χ0) is 20.8. The van der Waals surface area contributed by atoms with Gasteiger partial charge < -0.3 is 9.64 Å². The first-order chi connectivity index (χ1) is 13.9. The molecular formula is C21H19F3N2O2S. The van der Waals surface area contributed by atoms with Gasteiger partial charge in [0.15, 0.2) is 0 Å². The van der Waals surface area contributed by atoms with Crippen molar-refractivity contribution in [1.29, 1.82) is 0 Å². The summed E-state index contributed by atoms with van der Waals surface area (Å²) in [5.41, 5.74) is 2.17. The Balaban J connectivity index is 1.69. The van der Waals surface area contributed by atoms with Crippen LogP contribution in [0.15, 0.2) is 53.9 Å². The Morgan fingerprint density at radius 2 is 1.83 bits per heavy atom. The fraction of sp³-hybridized carbons (Fsp3) is 0.238. The van der Waals surface area contributed by atoms with Gasteiger partial charge in [0.05, 0.1) is 17.2 Å².